The number of carbonyl (C=O) groups excluding carboxylic acids is 2. The highest BCUT2D eigenvalue weighted by Gasteiger charge is 2.39. The Morgan fingerprint density at radius 2 is 1.92 bits per heavy atom. The van der Waals surface area contributed by atoms with E-state index in [1.165, 1.54) is 14.0 Å². The number of nitrogens with zero attached hydrogens (tertiary/aromatic N) is 4. The molecule has 2 heterocycles. The Hall–Kier alpha value is -3.80. The summed E-state index contributed by atoms with van der Waals surface area (Å²) in [5.74, 6) is -2.92. The van der Waals surface area contributed by atoms with Gasteiger partial charge >= 0.3 is 6.18 Å². The lowest BCUT2D eigenvalue weighted by atomic mass is 10.1. The smallest absolute Gasteiger partial charge is 0.364 e. The molecule has 3 rings (SSSR count). The number of anilines is 1. The van der Waals surface area contributed by atoms with Gasteiger partial charge in [-0.05, 0) is 39.0 Å². The van der Waals surface area contributed by atoms with Crippen molar-refractivity contribution >= 4 is 45.7 Å². The molecule has 2 amide bonds. The van der Waals surface area contributed by atoms with Crippen LogP contribution in [0.25, 0.3) is 10.9 Å². The standard InChI is InChI=1S/C23H21ClF4N6O2/c1-10(2)5-12(30-4)9-34-11(3)19(20(33-34)23(26,27)28)32-22(36)14-7-18(21(29)35)31-17-8-16(25)15(24)6-13(14)17/h5-8H,9H2,1-4H3,(H2,29,35)(H,32,36). The Morgan fingerprint density at radius 1 is 1.25 bits per heavy atom. The van der Waals surface area contributed by atoms with E-state index in [0.717, 1.165) is 28.5 Å². The van der Waals surface area contributed by atoms with Crippen molar-refractivity contribution < 1.29 is 27.2 Å². The first-order valence-electron chi connectivity index (χ1n) is 10.4. The molecule has 0 aliphatic heterocycles. The minimum atomic E-state index is -4.90. The molecular formula is C23H21ClF4N6O2. The fraction of sp³-hybridized carbons (Fsp3) is 0.261. The molecule has 0 saturated heterocycles. The molecule has 2 aromatic heterocycles. The van der Waals surface area contributed by atoms with E-state index in [0.29, 0.717) is 5.71 Å². The van der Waals surface area contributed by atoms with E-state index in [4.69, 9.17) is 17.3 Å². The number of halogens is 5. The molecule has 3 aromatic rings. The summed E-state index contributed by atoms with van der Waals surface area (Å²) in [6.07, 6.45) is -3.20. The van der Waals surface area contributed by atoms with E-state index in [9.17, 15) is 27.2 Å². The van der Waals surface area contributed by atoms with Gasteiger partial charge in [-0.3, -0.25) is 19.3 Å². The number of carbonyl (C=O) groups is 2. The van der Waals surface area contributed by atoms with Crippen molar-refractivity contribution in [3.8, 4) is 0 Å². The number of benzene rings is 1. The quantitative estimate of drug-likeness (QED) is 0.351. The zero-order valence-electron chi connectivity index (χ0n) is 19.6. The Morgan fingerprint density at radius 3 is 2.47 bits per heavy atom. The summed E-state index contributed by atoms with van der Waals surface area (Å²) in [4.78, 5) is 32.9. The summed E-state index contributed by atoms with van der Waals surface area (Å²) in [6.45, 7) is 4.90. The van der Waals surface area contributed by atoms with Gasteiger partial charge in [-0.1, -0.05) is 17.2 Å². The molecule has 0 fully saturated rings. The predicted molar refractivity (Wildman–Crippen MR) is 128 cm³/mol. The van der Waals surface area contributed by atoms with E-state index in [2.05, 4.69) is 20.4 Å². The second-order valence-electron chi connectivity index (χ2n) is 8.06. The number of allylic oxidation sites excluding steroid dienone is 2. The van der Waals surface area contributed by atoms with Crippen LogP contribution in [-0.4, -0.2) is 39.3 Å². The van der Waals surface area contributed by atoms with Crippen LogP contribution in [0.4, 0.5) is 23.2 Å². The lowest BCUT2D eigenvalue weighted by molar-refractivity contribution is -0.140. The van der Waals surface area contributed by atoms with E-state index in [1.54, 1.807) is 6.08 Å². The number of primary amides is 1. The first-order chi connectivity index (χ1) is 16.7. The first kappa shape index (κ1) is 26.8. The number of alkyl halides is 3. The van der Waals surface area contributed by atoms with E-state index < -0.39 is 35.2 Å². The second kappa shape index (κ2) is 10.1. The normalized spacial score (nSPS) is 12.1. The third-order valence-electron chi connectivity index (χ3n) is 5.12. The van der Waals surface area contributed by atoms with Crippen molar-refractivity contribution in [1.29, 1.82) is 0 Å². The molecule has 0 saturated carbocycles. The molecule has 0 unspecified atom stereocenters. The van der Waals surface area contributed by atoms with Gasteiger partial charge in [-0.15, -0.1) is 0 Å². The van der Waals surface area contributed by atoms with E-state index in [-0.39, 0.29) is 39.4 Å². The van der Waals surface area contributed by atoms with Gasteiger partial charge in [-0.25, -0.2) is 9.37 Å². The minimum Gasteiger partial charge on any atom is -0.364 e. The summed E-state index contributed by atoms with van der Waals surface area (Å²) in [5.41, 5.74) is 3.92. The second-order valence-corrected chi connectivity index (χ2v) is 8.47. The fourth-order valence-electron chi connectivity index (χ4n) is 3.43. The maximum atomic E-state index is 14.0. The van der Waals surface area contributed by atoms with Crippen molar-refractivity contribution in [2.75, 3.05) is 12.4 Å². The highest BCUT2D eigenvalue weighted by molar-refractivity contribution is 6.31. The number of rotatable bonds is 6. The van der Waals surface area contributed by atoms with E-state index >= 15 is 0 Å². The molecule has 190 valence electrons. The van der Waals surface area contributed by atoms with Crippen molar-refractivity contribution in [2.24, 2.45) is 10.7 Å². The molecule has 13 heteroatoms. The SMILES string of the molecule is CN=C(C=C(C)C)Cn1nc(C(F)(F)F)c(NC(=O)c2cc(C(N)=O)nc3cc(F)c(Cl)cc23)c1C. The number of fused-ring (bicyclic) bond motifs is 1. The van der Waals surface area contributed by atoms with Crippen molar-refractivity contribution in [3.63, 3.8) is 0 Å². The summed E-state index contributed by atoms with van der Waals surface area (Å²) < 4.78 is 56.6. The van der Waals surface area contributed by atoms with Crippen LogP contribution in [0.5, 0.6) is 0 Å². The molecule has 1 aromatic carbocycles. The van der Waals surface area contributed by atoms with Crippen LogP contribution >= 0.6 is 11.6 Å². The topological polar surface area (TPSA) is 115 Å². The van der Waals surface area contributed by atoms with Crippen LogP contribution in [0.3, 0.4) is 0 Å². The average molecular weight is 525 g/mol. The van der Waals surface area contributed by atoms with E-state index in [1.807, 2.05) is 13.8 Å². The third kappa shape index (κ3) is 5.54. The van der Waals surface area contributed by atoms with Crippen LogP contribution in [0.2, 0.25) is 5.02 Å². The van der Waals surface area contributed by atoms with Crippen LogP contribution in [0.1, 0.15) is 46.1 Å². The summed E-state index contributed by atoms with van der Waals surface area (Å²) in [7, 11) is 1.50. The van der Waals surface area contributed by atoms with Crippen molar-refractivity contribution in [1.82, 2.24) is 14.8 Å². The summed E-state index contributed by atoms with van der Waals surface area (Å²) in [6, 6.07) is 2.97. The maximum absolute atomic E-state index is 14.0. The molecule has 0 bridgehead atoms. The maximum Gasteiger partial charge on any atom is 0.437 e. The highest BCUT2D eigenvalue weighted by atomic mass is 35.5. The average Bonchev–Trinajstić information content (AvgIpc) is 3.08. The number of nitrogens with two attached hydrogens (primary N) is 1. The van der Waals surface area contributed by atoms with Gasteiger partial charge in [0.1, 0.15) is 11.5 Å². The van der Waals surface area contributed by atoms with Crippen molar-refractivity contribution in [2.45, 2.75) is 33.5 Å². The summed E-state index contributed by atoms with van der Waals surface area (Å²) in [5, 5.41) is 5.55. The van der Waals surface area contributed by atoms with Gasteiger partial charge in [0.15, 0.2) is 5.69 Å². The molecule has 36 heavy (non-hydrogen) atoms. The van der Waals surface area contributed by atoms with Gasteiger partial charge in [0.2, 0.25) is 0 Å². The van der Waals surface area contributed by atoms with Crippen LogP contribution < -0.4 is 11.1 Å². The van der Waals surface area contributed by atoms with Gasteiger partial charge in [0.05, 0.1) is 39.7 Å². The van der Waals surface area contributed by atoms with Crippen LogP contribution in [-0.2, 0) is 12.7 Å². The number of nitrogens with one attached hydrogen (secondary N) is 1. The Labute approximate surface area is 207 Å². The first-order valence-corrected chi connectivity index (χ1v) is 10.8. The Balaban J connectivity index is 2.14. The van der Waals surface area contributed by atoms with Gasteiger partial charge in [-0.2, -0.15) is 18.3 Å². The molecular weight excluding hydrogens is 504 g/mol. The van der Waals surface area contributed by atoms with Crippen molar-refractivity contribution in [3.05, 3.63) is 63.3 Å². The lowest BCUT2D eigenvalue weighted by Gasteiger charge is -2.12. The van der Waals surface area contributed by atoms with Gasteiger partial charge in [0.25, 0.3) is 11.8 Å². The predicted octanol–water partition coefficient (Wildman–Crippen LogP) is 4.94. The largest absolute Gasteiger partial charge is 0.437 e. The Bertz CT molecular complexity index is 1440. The third-order valence-corrected chi connectivity index (χ3v) is 5.41. The van der Waals surface area contributed by atoms with Crippen LogP contribution in [0, 0.1) is 12.7 Å². The molecule has 3 N–H and O–H groups in total. The molecule has 8 nitrogen and oxygen atoms in total. The number of aliphatic imine (C=N–C) groups is 1. The zero-order chi connectivity index (χ0) is 26.9. The number of pyridine rings is 1. The lowest BCUT2D eigenvalue weighted by Crippen LogP contribution is -2.19. The number of hydrogen-bond donors (Lipinski definition) is 2. The monoisotopic (exact) mass is 524 g/mol. The molecule has 0 atom stereocenters. The molecule has 0 spiro atoms. The molecule has 0 aliphatic carbocycles. The number of aromatic nitrogens is 3. The number of hydrogen-bond acceptors (Lipinski definition) is 5. The zero-order valence-corrected chi connectivity index (χ0v) is 20.3. The summed E-state index contributed by atoms with van der Waals surface area (Å²) >= 11 is 5.83. The van der Waals surface area contributed by atoms with Crippen LogP contribution in [0.15, 0.2) is 34.8 Å². The molecule has 0 radical (unpaired) electrons. The Kier molecular flexibility index (Phi) is 7.48. The minimum absolute atomic E-state index is 0.00599. The molecule has 0 aliphatic rings. The fourth-order valence-corrected chi connectivity index (χ4v) is 3.60. The highest BCUT2D eigenvalue weighted by Crippen LogP contribution is 2.36. The van der Waals surface area contributed by atoms with Gasteiger partial charge < -0.3 is 11.1 Å². The number of amides is 2. The van der Waals surface area contributed by atoms with Gasteiger partial charge in [0, 0.05) is 18.5 Å².